The van der Waals surface area contributed by atoms with Crippen molar-refractivity contribution in [3.63, 3.8) is 0 Å². The summed E-state index contributed by atoms with van der Waals surface area (Å²) in [6, 6.07) is 0.319. The minimum atomic E-state index is -0.163. The van der Waals surface area contributed by atoms with E-state index in [4.69, 9.17) is 9.84 Å². The van der Waals surface area contributed by atoms with Gasteiger partial charge in [0.1, 0.15) is 0 Å². The predicted molar refractivity (Wildman–Crippen MR) is 82.1 cm³/mol. The Balaban J connectivity index is 1.76. The van der Waals surface area contributed by atoms with Crippen molar-refractivity contribution in [1.82, 2.24) is 10.6 Å². The number of nitrogens with one attached hydrogen (secondary N) is 2. The highest BCUT2D eigenvalue weighted by Gasteiger charge is 2.58. The van der Waals surface area contributed by atoms with Gasteiger partial charge in [-0.25, -0.2) is 4.79 Å². The minimum Gasteiger partial charge on any atom is -0.396 e. The van der Waals surface area contributed by atoms with E-state index >= 15 is 0 Å². The largest absolute Gasteiger partial charge is 0.396 e. The number of carbonyl (C=O) groups is 1. The lowest BCUT2D eigenvalue weighted by atomic mass is 9.56. The van der Waals surface area contributed by atoms with E-state index in [9.17, 15) is 4.79 Å². The first-order valence-electron chi connectivity index (χ1n) is 8.05. The van der Waals surface area contributed by atoms with E-state index in [1.165, 1.54) is 0 Å². The van der Waals surface area contributed by atoms with Gasteiger partial charge < -0.3 is 20.5 Å². The summed E-state index contributed by atoms with van der Waals surface area (Å²) in [6.45, 7) is 6.64. The molecule has 0 aromatic heterocycles. The third kappa shape index (κ3) is 3.19. The van der Waals surface area contributed by atoms with E-state index in [1.54, 1.807) is 7.11 Å². The average Bonchev–Trinajstić information content (AvgIpc) is 2.47. The van der Waals surface area contributed by atoms with Gasteiger partial charge in [-0.2, -0.15) is 0 Å². The number of ether oxygens (including phenoxy) is 1. The third-order valence-corrected chi connectivity index (χ3v) is 6.02. The summed E-state index contributed by atoms with van der Waals surface area (Å²) in [4.78, 5) is 12.1. The zero-order valence-electron chi connectivity index (χ0n) is 13.7. The highest BCUT2D eigenvalue weighted by Crippen LogP contribution is 2.51. The van der Waals surface area contributed by atoms with Gasteiger partial charge in [-0.3, -0.25) is 0 Å². The van der Waals surface area contributed by atoms with Crippen molar-refractivity contribution in [2.75, 3.05) is 13.7 Å². The fraction of sp³-hybridized carbons (Fsp3) is 0.938. The molecule has 0 bridgehead atoms. The maximum atomic E-state index is 12.1. The summed E-state index contributed by atoms with van der Waals surface area (Å²) in [7, 11) is 1.73. The predicted octanol–water partition coefficient (Wildman–Crippen LogP) is 2.04. The molecule has 0 aliphatic heterocycles. The number of hydrogen-bond donors (Lipinski definition) is 3. The molecule has 0 aromatic carbocycles. The maximum Gasteiger partial charge on any atom is 0.315 e. The Kier molecular flexibility index (Phi) is 4.83. The Bertz CT molecular complexity index is 378. The van der Waals surface area contributed by atoms with Crippen LogP contribution in [0.4, 0.5) is 4.79 Å². The second-order valence-electron chi connectivity index (χ2n) is 7.43. The van der Waals surface area contributed by atoms with Crippen LogP contribution >= 0.6 is 0 Å². The van der Waals surface area contributed by atoms with Gasteiger partial charge in [0.25, 0.3) is 0 Å². The summed E-state index contributed by atoms with van der Waals surface area (Å²) < 4.78 is 5.58. The molecule has 2 saturated carbocycles. The van der Waals surface area contributed by atoms with Crippen molar-refractivity contribution in [2.45, 2.75) is 70.6 Å². The summed E-state index contributed by atoms with van der Waals surface area (Å²) in [6.07, 6.45) is 4.77. The van der Waals surface area contributed by atoms with Crippen LogP contribution in [0.15, 0.2) is 0 Å². The van der Waals surface area contributed by atoms with E-state index in [-0.39, 0.29) is 35.7 Å². The quantitative estimate of drug-likeness (QED) is 0.744. The van der Waals surface area contributed by atoms with Crippen molar-refractivity contribution in [1.29, 1.82) is 0 Å². The highest BCUT2D eigenvalue weighted by atomic mass is 16.5. The van der Waals surface area contributed by atoms with Crippen LogP contribution in [0.3, 0.4) is 0 Å². The van der Waals surface area contributed by atoms with Crippen molar-refractivity contribution < 1.29 is 14.6 Å². The number of aliphatic hydroxyl groups is 1. The molecule has 2 fully saturated rings. The molecule has 2 amide bonds. The molecule has 0 radical (unpaired) electrons. The number of carbonyl (C=O) groups excluding carboxylic acids is 1. The molecule has 5 nitrogen and oxygen atoms in total. The molecule has 0 heterocycles. The van der Waals surface area contributed by atoms with Gasteiger partial charge in [-0.05, 0) is 44.9 Å². The monoisotopic (exact) mass is 298 g/mol. The summed E-state index contributed by atoms with van der Waals surface area (Å²) in [5.74, 6) is 0.416. The van der Waals surface area contributed by atoms with Crippen LogP contribution in [0, 0.1) is 11.3 Å². The fourth-order valence-electron chi connectivity index (χ4n) is 3.60. The van der Waals surface area contributed by atoms with Gasteiger partial charge >= 0.3 is 6.03 Å². The molecule has 2 unspecified atom stereocenters. The molecular weight excluding hydrogens is 268 g/mol. The van der Waals surface area contributed by atoms with E-state index in [0.29, 0.717) is 5.92 Å². The molecule has 3 N–H and O–H groups in total. The molecule has 0 aromatic rings. The van der Waals surface area contributed by atoms with E-state index in [2.05, 4.69) is 31.4 Å². The maximum absolute atomic E-state index is 12.1. The molecule has 2 aliphatic carbocycles. The first kappa shape index (κ1) is 16.6. The second kappa shape index (κ2) is 6.13. The van der Waals surface area contributed by atoms with Gasteiger partial charge in [-0.15, -0.1) is 0 Å². The molecule has 5 heteroatoms. The number of rotatable bonds is 4. The lowest BCUT2D eigenvalue weighted by Gasteiger charge is -2.59. The topological polar surface area (TPSA) is 70.6 Å². The molecule has 21 heavy (non-hydrogen) atoms. The van der Waals surface area contributed by atoms with Crippen LogP contribution in [0.1, 0.15) is 52.9 Å². The van der Waals surface area contributed by atoms with Crippen LogP contribution < -0.4 is 10.6 Å². The highest BCUT2D eigenvalue weighted by molar-refractivity contribution is 5.75. The van der Waals surface area contributed by atoms with E-state index in [0.717, 1.165) is 32.1 Å². The number of amides is 2. The minimum absolute atomic E-state index is 0.0619. The van der Waals surface area contributed by atoms with Gasteiger partial charge in [0, 0.05) is 31.2 Å². The number of hydrogen-bond acceptors (Lipinski definition) is 3. The number of aliphatic hydroxyl groups excluding tert-OH is 1. The lowest BCUT2D eigenvalue weighted by molar-refractivity contribution is -0.177. The number of urea groups is 1. The standard InChI is InChI=1S/C16H30N2O3/c1-15(2)13(9-16(15,3)21-4)18-14(20)17-12-7-5-11(10-19)6-8-12/h11-13,19H,5-10H2,1-4H3,(H2,17,18,20). The molecule has 2 atom stereocenters. The molecular formula is C16H30N2O3. The van der Waals surface area contributed by atoms with Crippen molar-refractivity contribution in [3.8, 4) is 0 Å². The van der Waals surface area contributed by atoms with Gasteiger partial charge in [0.15, 0.2) is 0 Å². The first-order chi connectivity index (χ1) is 9.82. The van der Waals surface area contributed by atoms with Crippen LogP contribution in [-0.2, 0) is 4.74 Å². The Morgan fingerprint density at radius 2 is 1.81 bits per heavy atom. The first-order valence-corrected chi connectivity index (χ1v) is 8.05. The lowest BCUT2D eigenvalue weighted by Crippen LogP contribution is -2.69. The third-order valence-electron chi connectivity index (χ3n) is 6.02. The summed E-state index contributed by atoms with van der Waals surface area (Å²) in [5.41, 5.74) is -0.224. The molecule has 0 saturated heterocycles. The van der Waals surface area contributed by atoms with Crippen LogP contribution in [0.2, 0.25) is 0 Å². The molecule has 122 valence electrons. The van der Waals surface area contributed by atoms with Crippen LogP contribution in [0.5, 0.6) is 0 Å². The van der Waals surface area contributed by atoms with Gasteiger partial charge in [-0.1, -0.05) is 13.8 Å². The normalized spacial score (nSPS) is 38.4. The Morgan fingerprint density at radius 1 is 1.19 bits per heavy atom. The van der Waals surface area contributed by atoms with E-state index in [1.807, 2.05) is 0 Å². The fourth-order valence-corrected chi connectivity index (χ4v) is 3.60. The van der Waals surface area contributed by atoms with Crippen molar-refractivity contribution >= 4 is 6.03 Å². The van der Waals surface area contributed by atoms with Crippen molar-refractivity contribution in [3.05, 3.63) is 0 Å². The van der Waals surface area contributed by atoms with Crippen LogP contribution in [-0.4, -0.2) is 42.5 Å². The molecule has 2 rings (SSSR count). The average molecular weight is 298 g/mol. The Labute approximate surface area is 127 Å². The molecule has 0 spiro atoms. The second-order valence-corrected chi connectivity index (χ2v) is 7.43. The Morgan fingerprint density at radius 3 is 2.29 bits per heavy atom. The summed E-state index contributed by atoms with van der Waals surface area (Å²) in [5, 5.41) is 15.3. The van der Waals surface area contributed by atoms with E-state index < -0.39 is 0 Å². The Hall–Kier alpha value is -0.810. The SMILES string of the molecule is COC1(C)CC(NC(=O)NC2CCC(CO)CC2)C1(C)C. The zero-order chi connectivity index (χ0) is 15.7. The van der Waals surface area contributed by atoms with Crippen molar-refractivity contribution in [2.24, 2.45) is 11.3 Å². The zero-order valence-corrected chi connectivity index (χ0v) is 13.7. The van der Waals surface area contributed by atoms with Gasteiger partial charge in [0.2, 0.25) is 0 Å². The number of methoxy groups -OCH3 is 1. The van der Waals surface area contributed by atoms with Crippen LogP contribution in [0.25, 0.3) is 0 Å². The summed E-state index contributed by atoms with van der Waals surface area (Å²) >= 11 is 0. The molecule has 2 aliphatic rings. The smallest absolute Gasteiger partial charge is 0.315 e. The van der Waals surface area contributed by atoms with Gasteiger partial charge in [0.05, 0.1) is 5.60 Å².